The van der Waals surface area contributed by atoms with Crippen molar-refractivity contribution in [3.63, 3.8) is 0 Å². The number of rotatable bonds is 0. The van der Waals surface area contributed by atoms with E-state index in [1.165, 1.54) is 12.1 Å². The van der Waals surface area contributed by atoms with Crippen LogP contribution >= 0.6 is 0 Å². The van der Waals surface area contributed by atoms with Crippen LogP contribution in [0, 0.1) is 0 Å². The van der Waals surface area contributed by atoms with Crippen LogP contribution in [0.4, 0.5) is 0 Å². The molecule has 0 saturated heterocycles. The van der Waals surface area contributed by atoms with E-state index in [2.05, 4.69) is 0 Å². The zero-order valence-corrected chi connectivity index (χ0v) is 16.6. The maximum atomic E-state index is 11.2. The van der Waals surface area contributed by atoms with Gasteiger partial charge in [0, 0.05) is 29.4 Å². The van der Waals surface area contributed by atoms with E-state index in [0.717, 1.165) is 19.3 Å². The zero-order chi connectivity index (χ0) is 20.8. The fraction of sp³-hybridized carbons (Fsp3) is 0.0476. The predicted molar refractivity (Wildman–Crippen MR) is 99.4 cm³/mol. The Kier molecular flexibility index (Phi) is 10.3. The molecule has 4 N–H and O–H groups in total. The quantitative estimate of drug-likeness (QED) is 0.512. The van der Waals surface area contributed by atoms with Gasteiger partial charge in [-0.1, -0.05) is 60.0 Å². The van der Waals surface area contributed by atoms with Gasteiger partial charge in [0.15, 0.2) is 23.1 Å². The van der Waals surface area contributed by atoms with Gasteiger partial charge in [-0.05, 0) is 12.2 Å². The molecule has 0 heterocycles. The molecule has 0 spiro atoms. The van der Waals surface area contributed by atoms with Crippen LogP contribution in [0.1, 0.15) is 41.4 Å². The number of fused-ring (bicyclic) bond motifs is 2. The molecule has 0 atom stereocenters. The summed E-state index contributed by atoms with van der Waals surface area (Å²) in [5.41, 5.74) is 1.04. The molecule has 2 aromatic carbocycles. The third-order valence-corrected chi connectivity index (χ3v) is 3.85. The summed E-state index contributed by atoms with van der Waals surface area (Å²) in [6.45, 7) is 0. The van der Waals surface area contributed by atoms with Crippen molar-refractivity contribution in [2.45, 2.75) is 0 Å². The van der Waals surface area contributed by atoms with Crippen LogP contribution in [-0.2, 0) is 22.3 Å². The first kappa shape index (κ1) is 26.6. The fourth-order valence-electron chi connectivity index (χ4n) is 2.58. The van der Waals surface area contributed by atoms with E-state index < -0.39 is 23.1 Å². The van der Waals surface area contributed by atoms with E-state index in [9.17, 15) is 29.4 Å². The van der Waals surface area contributed by atoms with Gasteiger partial charge < -0.3 is 20.8 Å². The van der Waals surface area contributed by atoms with Gasteiger partial charge in [0.05, 0.1) is 0 Å². The minimum atomic E-state index is -0.733. The van der Waals surface area contributed by atoms with Crippen LogP contribution in [0.25, 0.3) is 0 Å². The predicted octanol–water partition coefficient (Wildman–Crippen LogP) is -0.696. The number of hydrogen-bond acceptors (Lipinski definition) is 7. The summed E-state index contributed by atoms with van der Waals surface area (Å²) in [4.78, 5) is 44.9. The van der Waals surface area contributed by atoms with Gasteiger partial charge in [-0.25, -0.2) is 0 Å². The van der Waals surface area contributed by atoms with Crippen LogP contribution in [0.5, 0.6) is 0 Å². The Hall–Kier alpha value is -3.37. The van der Waals surface area contributed by atoms with Crippen molar-refractivity contribution in [3.05, 3.63) is 94.5 Å². The van der Waals surface area contributed by atoms with Crippen molar-refractivity contribution in [2.24, 2.45) is 0 Å². The van der Waals surface area contributed by atoms with Gasteiger partial charge in [-0.2, -0.15) is 0 Å². The van der Waals surface area contributed by atoms with Crippen molar-refractivity contribution in [3.8, 4) is 0 Å². The van der Waals surface area contributed by atoms with Crippen molar-refractivity contribution in [1.82, 2.24) is 0 Å². The molecule has 0 bridgehead atoms. The number of aliphatic hydroxyl groups excluding tert-OH is 1. The van der Waals surface area contributed by atoms with Crippen LogP contribution in [0.3, 0.4) is 0 Å². The molecule has 2 aliphatic carbocycles. The summed E-state index contributed by atoms with van der Waals surface area (Å²) in [7, 11) is 1.00. The molecule has 2 aliphatic rings. The average molecular weight is 456 g/mol. The van der Waals surface area contributed by atoms with Gasteiger partial charge in [0.25, 0.3) is 0 Å². The summed E-state index contributed by atoms with van der Waals surface area (Å²) in [6, 6.07) is 12.6. The topological polar surface area (TPSA) is 168 Å². The minimum absolute atomic E-state index is 0. The van der Waals surface area contributed by atoms with Crippen molar-refractivity contribution < 1.29 is 56.8 Å². The molecule has 0 aliphatic heterocycles. The average Bonchev–Trinajstić information content (AvgIpc) is 2.72. The van der Waals surface area contributed by atoms with E-state index in [1.54, 1.807) is 36.4 Å². The largest absolute Gasteiger partial charge is 2.00 e. The maximum Gasteiger partial charge on any atom is 2.00 e. The molecule has 30 heavy (non-hydrogen) atoms. The first-order valence-electron chi connectivity index (χ1n) is 7.98. The molecule has 0 amide bonds. The number of carbonyl (C=O) groups is 4. The summed E-state index contributed by atoms with van der Waals surface area (Å²) >= 11 is 0. The Bertz CT molecular complexity index is 953. The summed E-state index contributed by atoms with van der Waals surface area (Å²) in [5, 5.41) is 28.9. The normalized spacial score (nSPS) is 13.4. The molecule has 1 radical (unpaired) electrons. The molecule has 8 nitrogen and oxygen atoms in total. The van der Waals surface area contributed by atoms with Crippen LogP contribution in [0.2, 0.25) is 0 Å². The number of carbonyl (C=O) groups excluding carboxylic acids is 4. The third kappa shape index (κ3) is 5.36. The van der Waals surface area contributed by atoms with Gasteiger partial charge in [-0.15, -0.1) is 0 Å². The first-order valence-corrected chi connectivity index (χ1v) is 7.98. The second-order valence-electron chi connectivity index (χ2n) is 5.50. The number of aliphatic hydroxyl groups is 1. The molecular weight excluding hydrogens is 439 g/mol. The number of Topliss-reactive ketones (excluding diaryl/α,β-unsaturated/α-hetero) is 2. The van der Waals surface area contributed by atoms with Crippen LogP contribution < -0.4 is 10.2 Å². The van der Waals surface area contributed by atoms with Gasteiger partial charge in [0.1, 0.15) is 0 Å². The van der Waals surface area contributed by atoms with E-state index in [0.29, 0.717) is 11.1 Å². The van der Waals surface area contributed by atoms with Crippen molar-refractivity contribution in [1.29, 1.82) is 0 Å². The molecule has 4 rings (SSSR count). The Morgan fingerprint density at radius 3 is 1.17 bits per heavy atom. The van der Waals surface area contributed by atoms with Crippen molar-refractivity contribution >= 4 is 23.1 Å². The first-order chi connectivity index (χ1) is 13.4. The number of hydrogen-bond donors (Lipinski definition) is 1. The second kappa shape index (κ2) is 11.6. The standard InChI is InChI=1S/2C10H6O3.CH4O.Co.H2O/c2*11-8-5-9(12)10(13)7-4-2-1-3-6(7)8;1-2;;/h2*1-5,12H;2H,1H3;;1H2/q;;;+2;/p-1. The second-order valence-corrected chi connectivity index (χ2v) is 5.50. The fourth-order valence-corrected chi connectivity index (χ4v) is 2.58. The summed E-state index contributed by atoms with van der Waals surface area (Å²) in [5.74, 6) is -3.45. The molecule has 9 heteroatoms. The number of allylic oxidation sites excluding steroid dienone is 4. The Labute approximate surface area is 181 Å². The Morgan fingerprint density at radius 2 is 0.867 bits per heavy atom. The van der Waals surface area contributed by atoms with E-state index >= 15 is 0 Å². The molecule has 157 valence electrons. The molecular formula is C21H17CoO8+. The van der Waals surface area contributed by atoms with E-state index in [-0.39, 0.29) is 44.9 Å². The third-order valence-electron chi connectivity index (χ3n) is 3.85. The van der Waals surface area contributed by atoms with Crippen molar-refractivity contribution in [2.75, 3.05) is 7.11 Å². The number of ketones is 4. The van der Waals surface area contributed by atoms with Crippen LogP contribution in [0.15, 0.2) is 72.2 Å². The molecule has 2 aromatic rings. The van der Waals surface area contributed by atoms with Gasteiger partial charge >= 0.3 is 16.8 Å². The molecule has 0 saturated carbocycles. The smallest absolute Gasteiger partial charge is 0.870 e. The SMILES string of the molecule is CO.O=C1C=C([O-])C(=O)c2ccccc21.O=C1C=C([O-])C(=O)c2ccccc21.[Co+2].[OH3+]. The van der Waals surface area contributed by atoms with Gasteiger partial charge in [-0.3, -0.25) is 19.2 Å². The van der Waals surface area contributed by atoms with E-state index in [1.807, 2.05) is 0 Å². The van der Waals surface area contributed by atoms with Crippen LogP contribution in [-0.4, -0.2) is 35.3 Å². The minimum Gasteiger partial charge on any atom is -0.870 e. The van der Waals surface area contributed by atoms with Gasteiger partial charge in [0.2, 0.25) is 0 Å². The number of benzene rings is 2. The van der Waals surface area contributed by atoms with E-state index in [4.69, 9.17) is 5.11 Å². The Morgan fingerprint density at radius 1 is 0.600 bits per heavy atom. The summed E-state index contributed by atoms with van der Waals surface area (Å²) < 4.78 is 0. The molecule has 0 aromatic heterocycles. The molecule has 0 fully saturated rings. The summed E-state index contributed by atoms with van der Waals surface area (Å²) in [6.07, 6.45) is 1.68. The molecule has 0 unspecified atom stereocenters. The Balaban J connectivity index is 0.000000488. The zero-order valence-electron chi connectivity index (χ0n) is 15.6. The monoisotopic (exact) mass is 456 g/mol. The maximum absolute atomic E-state index is 11.2.